The molecular weight excluding hydrogens is 213 g/mol. The average Bonchev–Trinajstić information content (AvgIpc) is 2.35. The van der Waals surface area contributed by atoms with Gasteiger partial charge in [-0.25, -0.2) is 4.39 Å². The van der Waals surface area contributed by atoms with Crippen molar-refractivity contribution >= 4 is 0 Å². The van der Waals surface area contributed by atoms with Crippen LogP contribution < -0.4 is 5.32 Å². The zero-order valence-corrected chi connectivity index (χ0v) is 10.4. The van der Waals surface area contributed by atoms with Crippen molar-refractivity contribution in [1.82, 2.24) is 5.32 Å². The van der Waals surface area contributed by atoms with Crippen LogP contribution in [0.3, 0.4) is 0 Å². The normalized spacial score (nSPS) is 19.5. The van der Waals surface area contributed by atoms with Gasteiger partial charge in [0, 0.05) is 6.54 Å². The molecule has 1 aliphatic rings. The van der Waals surface area contributed by atoms with Gasteiger partial charge in [-0.2, -0.15) is 0 Å². The number of benzene rings is 1. The van der Waals surface area contributed by atoms with Crippen molar-refractivity contribution in [3.05, 3.63) is 47.3 Å². The fraction of sp³-hybridized carbons (Fsp3) is 0.467. The third-order valence-electron chi connectivity index (χ3n) is 3.38. The molecule has 2 heteroatoms. The first kappa shape index (κ1) is 12.3. The molecule has 1 unspecified atom stereocenters. The Balaban J connectivity index is 1.77. The summed E-state index contributed by atoms with van der Waals surface area (Å²) in [4.78, 5) is 0. The molecule has 0 aliphatic heterocycles. The minimum atomic E-state index is -0.107. The van der Waals surface area contributed by atoms with Gasteiger partial charge >= 0.3 is 0 Å². The largest absolute Gasteiger partial charge is 0.312 e. The smallest absolute Gasteiger partial charge is 0.126 e. The molecule has 1 aromatic carbocycles. The van der Waals surface area contributed by atoms with Crippen LogP contribution in [0.4, 0.5) is 4.39 Å². The Morgan fingerprint density at radius 2 is 2.24 bits per heavy atom. The summed E-state index contributed by atoms with van der Waals surface area (Å²) in [5.74, 6) is 0.639. The second-order valence-corrected chi connectivity index (χ2v) is 4.86. The van der Waals surface area contributed by atoms with E-state index < -0.39 is 0 Å². The molecule has 0 bridgehead atoms. The molecule has 1 aliphatic carbocycles. The van der Waals surface area contributed by atoms with E-state index in [1.807, 2.05) is 12.1 Å². The van der Waals surface area contributed by atoms with Crippen molar-refractivity contribution in [2.24, 2.45) is 5.92 Å². The quantitative estimate of drug-likeness (QED) is 0.784. The number of aryl methyl sites for hydroxylation is 1. The van der Waals surface area contributed by atoms with Crippen molar-refractivity contribution in [3.8, 4) is 0 Å². The Kier molecular flexibility index (Phi) is 4.32. The fourth-order valence-corrected chi connectivity index (χ4v) is 2.21. The Morgan fingerprint density at radius 3 is 2.94 bits per heavy atom. The SMILES string of the molecule is Cc1ccc(CNCC2CC=CCC2)cc1F. The second kappa shape index (κ2) is 5.97. The van der Waals surface area contributed by atoms with E-state index >= 15 is 0 Å². The van der Waals surface area contributed by atoms with Gasteiger partial charge in [0.25, 0.3) is 0 Å². The summed E-state index contributed by atoms with van der Waals surface area (Å²) in [5, 5.41) is 3.42. The third-order valence-corrected chi connectivity index (χ3v) is 3.38. The number of halogens is 1. The maximum Gasteiger partial charge on any atom is 0.126 e. The highest BCUT2D eigenvalue weighted by molar-refractivity contribution is 5.23. The van der Waals surface area contributed by atoms with Crippen LogP contribution in [-0.2, 0) is 6.54 Å². The fourth-order valence-electron chi connectivity index (χ4n) is 2.21. The van der Waals surface area contributed by atoms with E-state index in [9.17, 15) is 4.39 Å². The van der Waals surface area contributed by atoms with Gasteiger partial charge in [0.1, 0.15) is 5.82 Å². The summed E-state index contributed by atoms with van der Waals surface area (Å²) in [6, 6.07) is 5.46. The molecular formula is C15H20FN. The van der Waals surface area contributed by atoms with Crippen LogP contribution in [-0.4, -0.2) is 6.54 Å². The number of allylic oxidation sites excluding steroid dienone is 2. The minimum Gasteiger partial charge on any atom is -0.312 e. The van der Waals surface area contributed by atoms with Crippen LogP contribution in [0.15, 0.2) is 30.4 Å². The summed E-state index contributed by atoms with van der Waals surface area (Å²) >= 11 is 0. The molecule has 0 saturated carbocycles. The predicted octanol–water partition coefficient (Wildman–Crippen LogP) is 3.58. The van der Waals surface area contributed by atoms with Crippen molar-refractivity contribution in [1.29, 1.82) is 0 Å². The molecule has 2 rings (SSSR count). The summed E-state index contributed by atoms with van der Waals surface area (Å²) in [6.45, 7) is 3.58. The van der Waals surface area contributed by atoms with E-state index in [0.29, 0.717) is 5.56 Å². The molecule has 0 heterocycles. The van der Waals surface area contributed by atoms with Gasteiger partial charge in [0.15, 0.2) is 0 Å². The molecule has 0 amide bonds. The van der Waals surface area contributed by atoms with E-state index in [1.54, 1.807) is 13.0 Å². The van der Waals surface area contributed by atoms with Crippen LogP contribution in [0, 0.1) is 18.7 Å². The minimum absolute atomic E-state index is 0.107. The molecule has 0 aromatic heterocycles. The predicted molar refractivity (Wildman–Crippen MR) is 69.3 cm³/mol. The lowest BCUT2D eigenvalue weighted by atomic mass is 9.94. The monoisotopic (exact) mass is 233 g/mol. The zero-order chi connectivity index (χ0) is 12.1. The number of rotatable bonds is 4. The van der Waals surface area contributed by atoms with E-state index in [1.165, 1.54) is 19.3 Å². The molecule has 0 radical (unpaired) electrons. The van der Waals surface area contributed by atoms with Crippen LogP contribution in [0.1, 0.15) is 30.4 Å². The van der Waals surface area contributed by atoms with E-state index in [2.05, 4.69) is 17.5 Å². The number of nitrogens with one attached hydrogen (secondary N) is 1. The molecule has 0 saturated heterocycles. The van der Waals surface area contributed by atoms with Crippen molar-refractivity contribution in [3.63, 3.8) is 0 Å². The topological polar surface area (TPSA) is 12.0 Å². The highest BCUT2D eigenvalue weighted by atomic mass is 19.1. The van der Waals surface area contributed by atoms with Crippen LogP contribution >= 0.6 is 0 Å². The van der Waals surface area contributed by atoms with E-state index in [0.717, 1.165) is 24.6 Å². The summed E-state index contributed by atoms with van der Waals surface area (Å²) < 4.78 is 13.3. The molecule has 92 valence electrons. The van der Waals surface area contributed by atoms with Gasteiger partial charge in [-0.3, -0.25) is 0 Å². The van der Waals surface area contributed by atoms with Crippen LogP contribution in [0.5, 0.6) is 0 Å². The van der Waals surface area contributed by atoms with Crippen molar-refractivity contribution in [2.75, 3.05) is 6.54 Å². The Bertz CT molecular complexity index is 398. The summed E-state index contributed by atoms with van der Waals surface area (Å²) in [5.41, 5.74) is 1.74. The van der Waals surface area contributed by atoms with Crippen molar-refractivity contribution in [2.45, 2.75) is 32.7 Å². The lowest BCUT2D eigenvalue weighted by Crippen LogP contribution is -2.23. The lowest BCUT2D eigenvalue weighted by Gasteiger charge is -2.18. The van der Waals surface area contributed by atoms with Crippen molar-refractivity contribution < 1.29 is 4.39 Å². The Morgan fingerprint density at radius 1 is 1.35 bits per heavy atom. The van der Waals surface area contributed by atoms with Gasteiger partial charge < -0.3 is 5.32 Å². The average molecular weight is 233 g/mol. The van der Waals surface area contributed by atoms with Gasteiger partial charge in [0.05, 0.1) is 0 Å². The maximum atomic E-state index is 13.3. The van der Waals surface area contributed by atoms with Gasteiger partial charge in [0.2, 0.25) is 0 Å². The Labute approximate surface area is 103 Å². The van der Waals surface area contributed by atoms with Crippen LogP contribution in [0.2, 0.25) is 0 Å². The van der Waals surface area contributed by atoms with Gasteiger partial charge in [-0.15, -0.1) is 0 Å². The van der Waals surface area contributed by atoms with Gasteiger partial charge in [-0.05, 0) is 55.8 Å². The van der Waals surface area contributed by atoms with E-state index in [-0.39, 0.29) is 5.82 Å². The van der Waals surface area contributed by atoms with Gasteiger partial charge in [-0.1, -0.05) is 24.3 Å². The summed E-state index contributed by atoms with van der Waals surface area (Å²) in [6.07, 6.45) is 8.17. The molecule has 17 heavy (non-hydrogen) atoms. The standard InChI is InChI=1S/C15H20FN/c1-12-7-8-14(9-15(12)16)11-17-10-13-5-3-2-4-6-13/h2-3,7-9,13,17H,4-6,10-11H2,1H3. The highest BCUT2D eigenvalue weighted by Gasteiger charge is 2.09. The zero-order valence-electron chi connectivity index (χ0n) is 10.4. The maximum absolute atomic E-state index is 13.3. The molecule has 0 fully saturated rings. The third kappa shape index (κ3) is 3.67. The lowest BCUT2D eigenvalue weighted by molar-refractivity contribution is 0.440. The van der Waals surface area contributed by atoms with Crippen LogP contribution in [0.25, 0.3) is 0 Å². The van der Waals surface area contributed by atoms with E-state index in [4.69, 9.17) is 0 Å². The number of hydrogen-bond acceptors (Lipinski definition) is 1. The first-order valence-electron chi connectivity index (χ1n) is 6.36. The molecule has 1 N–H and O–H groups in total. The molecule has 1 atom stereocenters. The molecule has 1 nitrogen and oxygen atoms in total. The first-order valence-corrected chi connectivity index (χ1v) is 6.36. The highest BCUT2D eigenvalue weighted by Crippen LogP contribution is 2.17. The Hall–Kier alpha value is -1.15. The molecule has 0 spiro atoms. The number of hydrogen-bond donors (Lipinski definition) is 1. The second-order valence-electron chi connectivity index (χ2n) is 4.86. The summed E-state index contributed by atoms with van der Waals surface area (Å²) in [7, 11) is 0. The molecule has 1 aromatic rings. The first-order chi connectivity index (χ1) is 8.25.